The predicted molar refractivity (Wildman–Crippen MR) is 71.8 cm³/mol. The number of aryl methyl sites for hydroxylation is 1. The van der Waals surface area contributed by atoms with Crippen molar-refractivity contribution in [2.24, 2.45) is 7.05 Å². The Kier molecular flexibility index (Phi) is 5.73. The zero-order valence-electron chi connectivity index (χ0n) is 12.6. The highest BCUT2D eigenvalue weighted by Crippen LogP contribution is 2.19. The van der Waals surface area contributed by atoms with Crippen LogP contribution < -0.4 is 4.57 Å². The molecule has 0 N–H and O–H groups in total. The SMILES string of the molecule is CCCCCOC(=O)C(C)(C(=O)OC)n1cc[n+](C)c1. The lowest BCUT2D eigenvalue weighted by molar-refractivity contribution is -0.671. The molecule has 0 fully saturated rings. The standard InChI is InChI=1S/C14H23N2O4/c1-5-6-7-10-20-13(18)14(2,12(17)19-4)16-9-8-15(3)11-16/h8-9,11H,5-7,10H2,1-4H3/q+1. The van der Waals surface area contributed by atoms with E-state index >= 15 is 0 Å². The van der Waals surface area contributed by atoms with Gasteiger partial charge in [0.25, 0.3) is 0 Å². The molecule has 1 unspecified atom stereocenters. The van der Waals surface area contributed by atoms with Gasteiger partial charge in [-0.1, -0.05) is 19.8 Å². The fourth-order valence-electron chi connectivity index (χ4n) is 1.87. The maximum atomic E-state index is 12.3. The molecule has 0 saturated heterocycles. The Balaban J connectivity index is 2.89. The van der Waals surface area contributed by atoms with Crippen molar-refractivity contribution in [3.8, 4) is 0 Å². The van der Waals surface area contributed by atoms with E-state index in [1.807, 2.05) is 0 Å². The van der Waals surface area contributed by atoms with Crippen molar-refractivity contribution in [2.75, 3.05) is 13.7 Å². The Labute approximate surface area is 119 Å². The van der Waals surface area contributed by atoms with Gasteiger partial charge >= 0.3 is 17.5 Å². The average Bonchev–Trinajstić information content (AvgIpc) is 2.88. The molecule has 20 heavy (non-hydrogen) atoms. The van der Waals surface area contributed by atoms with Gasteiger partial charge in [-0.25, -0.2) is 18.7 Å². The maximum absolute atomic E-state index is 12.3. The molecule has 1 heterocycles. The number of carbonyl (C=O) groups excluding carboxylic acids is 2. The molecule has 0 aromatic carbocycles. The highest BCUT2D eigenvalue weighted by atomic mass is 16.6. The summed E-state index contributed by atoms with van der Waals surface area (Å²) >= 11 is 0. The smallest absolute Gasteiger partial charge is 0.366 e. The summed E-state index contributed by atoms with van der Waals surface area (Å²) in [7, 11) is 3.06. The number of carbonyl (C=O) groups is 2. The summed E-state index contributed by atoms with van der Waals surface area (Å²) in [4.78, 5) is 24.3. The van der Waals surface area contributed by atoms with E-state index in [-0.39, 0.29) is 0 Å². The average molecular weight is 283 g/mol. The van der Waals surface area contributed by atoms with Crippen molar-refractivity contribution in [3.05, 3.63) is 18.7 Å². The first-order chi connectivity index (χ1) is 9.46. The number of unbranched alkanes of at least 4 members (excludes halogenated alkanes) is 2. The third kappa shape index (κ3) is 3.37. The monoisotopic (exact) mass is 283 g/mol. The molecular weight excluding hydrogens is 260 g/mol. The fourth-order valence-corrected chi connectivity index (χ4v) is 1.87. The van der Waals surface area contributed by atoms with Gasteiger partial charge in [-0.2, -0.15) is 0 Å². The van der Waals surface area contributed by atoms with Crippen LogP contribution in [0.25, 0.3) is 0 Å². The lowest BCUT2D eigenvalue weighted by atomic mass is 10.0. The minimum atomic E-state index is -1.50. The number of hydrogen-bond acceptors (Lipinski definition) is 4. The molecule has 0 aliphatic carbocycles. The van der Waals surface area contributed by atoms with Crippen molar-refractivity contribution in [2.45, 2.75) is 38.6 Å². The van der Waals surface area contributed by atoms with Gasteiger partial charge in [-0.3, -0.25) is 0 Å². The van der Waals surface area contributed by atoms with Crippen LogP contribution in [0.3, 0.4) is 0 Å². The molecule has 0 bridgehead atoms. The van der Waals surface area contributed by atoms with Gasteiger partial charge in [0, 0.05) is 6.92 Å². The Morgan fingerprint density at radius 1 is 1.30 bits per heavy atom. The lowest BCUT2D eigenvalue weighted by Gasteiger charge is -2.21. The molecule has 6 nitrogen and oxygen atoms in total. The number of nitrogens with zero attached hydrogens (tertiary/aromatic N) is 2. The summed E-state index contributed by atoms with van der Waals surface area (Å²) in [6, 6.07) is 0. The molecule has 0 amide bonds. The van der Waals surface area contributed by atoms with Gasteiger partial charge in [0.1, 0.15) is 12.4 Å². The molecule has 0 aliphatic heterocycles. The molecule has 1 aromatic heterocycles. The topological polar surface area (TPSA) is 61.4 Å². The van der Waals surface area contributed by atoms with Crippen LogP contribution in [0.5, 0.6) is 0 Å². The van der Waals surface area contributed by atoms with Gasteiger partial charge in [-0.05, 0) is 6.42 Å². The van der Waals surface area contributed by atoms with Crippen LogP contribution >= 0.6 is 0 Å². The van der Waals surface area contributed by atoms with E-state index in [0.717, 1.165) is 19.3 Å². The third-order valence-electron chi connectivity index (χ3n) is 3.25. The van der Waals surface area contributed by atoms with E-state index in [2.05, 4.69) is 6.92 Å². The quantitative estimate of drug-likeness (QED) is 0.323. The maximum Gasteiger partial charge on any atom is 0.366 e. The summed E-state index contributed by atoms with van der Waals surface area (Å²) in [5.41, 5.74) is -1.50. The summed E-state index contributed by atoms with van der Waals surface area (Å²) in [6.07, 6.45) is 7.85. The molecule has 1 rings (SSSR count). The van der Waals surface area contributed by atoms with E-state index in [1.54, 1.807) is 30.3 Å². The Morgan fingerprint density at radius 3 is 2.50 bits per heavy atom. The number of esters is 2. The first-order valence-electron chi connectivity index (χ1n) is 6.76. The summed E-state index contributed by atoms with van der Waals surface area (Å²) in [5, 5.41) is 0. The van der Waals surface area contributed by atoms with E-state index in [4.69, 9.17) is 9.47 Å². The van der Waals surface area contributed by atoms with Gasteiger partial charge in [-0.15, -0.1) is 0 Å². The minimum Gasteiger partial charge on any atom is -0.465 e. The zero-order valence-corrected chi connectivity index (χ0v) is 12.6. The largest absolute Gasteiger partial charge is 0.465 e. The van der Waals surface area contributed by atoms with Crippen molar-refractivity contribution in [1.82, 2.24) is 4.57 Å². The van der Waals surface area contributed by atoms with Gasteiger partial charge < -0.3 is 9.47 Å². The lowest BCUT2D eigenvalue weighted by Crippen LogP contribution is -2.48. The van der Waals surface area contributed by atoms with Crippen LogP contribution in [0.2, 0.25) is 0 Å². The molecule has 0 aliphatic rings. The second-order valence-electron chi connectivity index (χ2n) is 4.89. The Morgan fingerprint density at radius 2 is 2.00 bits per heavy atom. The first kappa shape index (κ1) is 16.2. The molecule has 1 atom stereocenters. The highest BCUT2D eigenvalue weighted by Gasteiger charge is 2.50. The van der Waals surface area contributed by atoms with Crippen LogP contribution in [-0.2, 0) is 31.6 Å². The molecule has 112 valence electrons. The molecule has 0 saturated carbocycles. The van der Waals surface area contributed by atoms with Crippen molar-refractivity contribution >= 4 is 11.9 Å². The minimum absolute atomic E-state index is 0.312. The number of hydrogen-bond donors (Lipinski definition) is 0. The second-order valence-corrected chi connectivity index (χ2v) is 4.89. The second kappa shape index (κ2) is 7.07. The number of ether oxygens (including phenoxy) is 2. The number of imidazole rings is 1. The van der Waals surface area contributed by atoms with Crippen LogP contribution in [0.15, 0.2) is 18.7 Å². The normalized spacial score (nSPS) is 13.6. The molecule has 6 heteroatoms. The van der Waals surface area contributed by atoms with E-state index < -0.39 is 17.5 Å². The number of methoxy groups -OCH3 is 1. The first-order valence-corrected chi connectivity index (χ1v) is 6.76. The number of aromatic nitrogens is 2. The Bertz CT molecular complexity index is 469. The summed E-state index contributed by atoms with van der Waals surface area (Å²) < 4.78 is 13.2. The van der Waals surface area contributed by atoms with E-state index in [9.17, 15) is 9.59 Å². The molecular formula is C14H23N2O4+. The predicted octanol–water partition coefficient (Wildman–Crippen LogP) is 0.934. The van der Waals surface area contributed by atoms with Crippen molar-refractivity contribution in [3.63, 3.8) is 0 Å². The van der Waals surface area contributed by atoms with Crippen LogP contribution in [0.4, 0.5) is 0 Å². The summed E-state index contributed by atoms with van der Waals surface area (Å²) in [6.45, 7) is 3.88. The zero-order chi connectivity index (χ0) is 15.2. The highest BCUT2D eigenvalue weighted by molar-refractivity contribution is 6.01. The van der Waals surface area contributed by atoms with Gasteiger partial charge in [0.15, 0.2) is 0 Å². The Hall–Kier alpha value is -1.85. The van der Waals surface area contributed by atoms with Crippen LogP contribution in [0, 0.1) is 0 Å². The van der Waals surface area contributed by atoms with Crippen LogP contribution in [0.1, 0.15) is 33.1 Å². The van der Waals surface area contributed by atoms with E-state index in [0.29, 0.717) is 6.61 Å². The molecule has 0 radical (unpaired) electrons. The van der Waals surface area contributed by atoms with Crippen LogP contribution in [-0.4, -0.2) is 30.2 Å². The van der Waals surface area contributed by atoms with Crippen molar-refractivity contribution < 1.29 is 23.6 Å². The van der Waals surface area contributed by atoms with Gasteiger partial charge in [0.2, 0.25) is 6.33 Å². The molecule has 1 aromatic rings. The number of rotatable bonds is 7. The van der Waals surface area contributed by atoms with E-state index in [1.165, 1.54) is 18.6 Å². The van der Waals surface area contributed by atoms with Gasteiger partial charge in [0.05, 0.1) is 20.8 Å². The third-order valence-corrected chi connectivity index (χ3v) is 3.25. The molecule has 0 spiro atoms. The fraction of sp³-hybridized carbons (Fsp3) is 0.643. The summed E-state index contributed by atoms with van der Waals surface area (Å²) in [5.74, 6) is -1.24. The van der Waals surface area contributed by atoms with Crippen molar-refractivity contribution in [1.29, 1.82) is 0 Å².